The predicted molar refractivity (Wildman–Crippen MR) is 75.7 cm³/mol. The topological polar surface area (TPSA) is 61.4 Å². The molecule has 0 saturated carbocycles. The van der Waals surface area contributed by atoms with Crippen LogP contribution < -0.4 is 10.6 Å². The van der Waals surface area contributed by atoms with Crippen molar-refractivity contribution in [3.63, 3.8) is 0 Å². The van der Waals surface area contributed by atoms with Crippen molar-refractivity contribution >= 4 is 27.9 Å². The summed E-state index contributed by atoms with van der Waals surface area (Å²) in [6.45, 7) is 1.08. The lowest BCUT2D eigenvalue weighted by molar-refractivity contribution is -0.121. The first-order valence-corrected chi connectivity index (χ1v) is 7.00. The molecular formula is C13H15BrFN3O2. The highest BCUT2D eigenvalue weighted by atomic mass is 79.9. The number of fused-ring (bicyclic) bond motifs is 1. The van der Waals surface area contributed by atoms with Gasteiger partial charge in [-0.1, -0.05) is 15.9 Å². The van der Waals surface area contributed by atoms with Gasteiger partial charge in [0.15, 0.2) is 0 Å². The molecule has 0 fully saturated rings. The van der Waals surface area contributed by atoms with Gasteiger partial charge in [0.25, 0.3) is 0 Å². The Morgan fingerprint density at radius 1 is 1.40 bits per heavy atom. The number of rotatable bonds is 2. The molecule has 0 radical (unpaired) electrons. The third-order valence-corrected chi connectivity index (χ3v) is 3.97. The number of urea groups is 1. The number of nitrogens with one attached hydrogen (secondary N) is 2. The summed E-state index contributed by atoms with van der Waals surface area (Å²) in [5.74, 6) is -0.664. The number of benzene rings is 1. The summed E-state index contributed by atoms with van der Waals surface area (Å²) in [5.41, 5.74) is 1.56. The van der Waals surface area contributed by atoms with Crippen LogP contribution in [0.4, 0.5) is 9.18 Å². The second kappa shape index (κ2) is 6.32. The number of imide groups is 1. The Kier molecular flexibility index (Phi) is 4.72. The fourth-order valence-electron chi connectivity index (χ4n) is 2.22. The third-order valence-electron chi connectivity index (χ3n) is 3.22. The molecule has 2 N–H and O–H groups in total. The van der Waals surface area contributed by atoms with Crippen molar-refractivity contribution in [1.82, 2.24) is 15.5 Å². The molecule has 108 valence electrons. The summed E-state index contributed by atoms with van der Waals surface area (Å²) in [5, 5.41) is 4.50. The summed E-state index contributed by atoms with van der Waals surface area (Å²) in [6.07, 6.45) is 0.668. The number of carbonyl (C=O) groups is 2. The number of halogens is 2. The average molecular weight is 344 g/mol. The minimum absolute atomic E-state index is 0.0683. The first kappa shape index (κ1) is 14.9. The van der Waals surface area contributed by atoms with Crippen molar-refractivity contribution in [3.05, 3.63) is 33.5 Å². The molecular weight excluding hydrogens is 329 g/mol. The van der Waals surface area contributed by atoms with Gasteiger partial charge in [-0.2, -0.15) is 0 Å². The van der Waals surface area contributed by atoms with Crippen LogP contribution in [-0.2, 0) is 17.8 Å². The summed E-state index contributed by atoms with van der Waals surface area (Å²) in [6, 6.07) is 2.57. The summed E-state index contributed by atoms with van der Waals surface area (Å²) >= 11 is 3.41. The van der Waals surface area contributed by atoms with E-state index in [9.17, 15) is 14.0 Å². The summed E-state index contributed by atoms with van der Waals surface area (Å²) in [4.78, 5) is 24.5. The molecule has 1 heterocycles. The van der Waals surface area contributed by atoms with Crippen LogP contribution in [0.15, 0.2) is 16.6 Å². The van der Waals surface area contributed by atoms with Crippen LogP contribution in [0.3, 0.4) is 0 Å². The van der Waals surface area contributed by atoms with Crippen LogP contribution in [0.1, 0.15) is 11.1 Å². The predicted octanol–water partition coefficient (Wildman–Crippen LogP) is 1.40. The highest BCUT2D eigenvalue weighted by Gasteiger charge is 2.23. The Morgan fingerprint density at radius 2 is 2.15 bits per heavy atom. The van der Waals surface area contributed by atoms with Crippen LogP contribution in [0.5, 0.6) is 0 Å². The van der Waals surface area contributed by atoms with Gasteiger partial charge in [-0.05, 0) is 24.1 Å². The van der Waals surface area contributed by atoms with Gasteiger partial charge in [-0.25, -0.2) is 9.18 Å². The minimum atomic E-state index is -0.540. The van der Waals surface area contributed by atoms with Crippen molar-refractivity contribution in [3.8, 4) is 0 Å². The maximum atomic E-state index is 13.8. The Bertz CT molecular complexity index is 551. The van der Waals surface area contributed by atoms with E-state index in [0.29, 0.717) is 25.1 Å². The first-order valence-electron chi connectivity index (χ1n) is 6.21. The average Bonchev–Trinajstić information content (AvgIpc) is 2.43. The van der Waals surface area contributed by atoms with Crippen LogP contribution in [-0.4, -0.2) is 37.0 Å². The molecule has 1 aromatic rings. The first-order chi connectivity index (χ1) is 9.51. The van der Waals surface area contributed by atoms with Gasteiger partial charge < -0.3 is 5.32 Å². The number of amides is 3. The molecule has 0 unspecified atom stereocenters. The smallest absolute Gasteiger partial charge is 0.321 e. The maximum Gasteiger partial charge on any atom is 0.321 e. The quantitative estimate of drug-likeness (QED) is 0.853. The maximum absolute atomic E-state index is 13.8. The van der Waals surface area contributed by atoms with Gasteiger partial charge in [0.2, 0.25) is 5.91 Å². The molecule has 0 atom stereocenters. The van der Waals surface area contributed by atoms with Crippen molar-refractivity contribution in [2.24, 2.45) is 0 Å². The largest absolute Gasteiger partial charge is 0.341 e. The molecule has 1 aliphatic heterocycles. The van der Waals surface area contributed by atoms with Gasteiger partial charge >= 0.3 is 6.03 Å². The normalized spacial score (nSPS) is 14.6. The number of carbonyl (C=O) groups excluding carboxylic acids is 2. The highest BCUT2D eigenvalue weighted by Crippen LogP contribution is 2.28. The lowest BCUT2D eigenvalue weighted by atomic mass is 9.99. The van der Waals surface area contributed by atoms with E-state index in [0.717, 1.165) is 10.0 Å². The fraction of sp³-hybridized carbons (Fsp3) is 0.385. The van der Waals surface area contributed by atoms with Gasteiger partial charge in [0, 0.05) is 30.2 Å². The SMILES string of the molecule is CNC(=O)NC(=O)CN1CCc2c(Br)ccc(F)c2C1. The van der Waals surface area contributed by atoms with E-state index in [2.05, 4.69) is 26.6 Å². The standard InChI is InChI=1S/C13H15BrFN3O2/c1-16-13(20)17-12(19)7-18-5-4-8-9(6-18)11(15)3-2-10(8)14/h2-3H,4-7H2,1H3,(H2,16,17,19,20). The fourth-order valence-corrected chi connectivity index (χ4v) is 2.79. The molecule has 0 bridgehead atoms. The second-order valence-corrected chi connectivity index (χ2v) is 5.43. The lowest BCUT2D eigenvalue weighted by Crippen LogP contribution is -2.44. The molecule has 2 rings (SSSR count). The monoisotopic (exact) mass is 343 g/mol. The Hall–Kier alpha value is -1.47. The molecule has 0 aliphatic carbocycles. The van der Waals surface area contributed by atoms with Gasteiger partial charge in [-0.3, -0.25) is 15.0 Å². The molecule has 1 aliphatic rings. The Labute approximate surface area is 124 Å². The van der Waals surface area contributed by atoms with Gasteiger partial charge in [-0.15, -0.1) is 0 Å². The van der Waals surface area contributed by atoms with E-state index < -0.39 is 11.9 Å². The molecule has 7 heteroatoms. The van der Waals surface area contributed by atoms with Crippen LogP contribution in [0.25, 0.3) is 0 Å². The third kappa shape index (κ3) is 3.34. The molecule has 1 aromatic carbocycles. The van der Waals surface area contributed by atoms with Crippen LogP contribution in [0.2, 0.25) is 0 Å². The van der Waals surface area contributed by atoms with Crippen molar-refractivity contribution in [1.29, 1.82) is 0 Å². The summed E-state index contributed by atoms with van der Waals surface area (Å²) < 4.78 is 14.7. The van der Waals surface area contributed by atoms with E-state index in [4.69, 9.17) is 0 Å². The molecule has 0 spiro atoms. The van der Waals surface area contributed by atoms with Crippen molar-refractivity contribution < 1.29 is 14.0 Å². The zero-order chi connectivity index (χ0) is 14.7. The number of hydrogen-bond acceptors (Lipinski definition) is 3. The molecule has 20 heavy (non-hydrogen) atoms. The van der Waals surface area contributed by atoms with Crippen LogP contribution in [0, 0.1) is 5.82 Å². The highest BCUT2D eigenvalue weighted by molar-refractivity contribution is 9.10. The zero-order valence-corrected chi connectivity index (χ0v) is 12.6. The second-order valence-electron chi connectivity index (χ2n) is 4.57. The van der Waals surface area contributed by atoms with Crippen molar-refractivity contribution in [2.45, 2.75) is 13.0 Å². The molecule has 3 amide bonds. The minimum Gasteiger partial charge on any atom is -0.341 e. The number of hydrogen-bond donors (Lipinski definition) is 2. The Morgan fingerprint density at radius 3 is 2.85 bits per heavy atom. The van der Waals surface area contributed by atoms with E-state index in [-0.39, 0.29) is 12.4 Å². The molecule has 5 nitrogen and oxygen atoms in total. The van der Waals surface area contributed by atoms with E-state index in [1.165, 1.54) is 13.1 Å². The van der Waals surface area contributed by atoms with Gasteiger partial charge in [0.05, 0.1) is 6.54 Å². The van der Waals surface area contributed by atoms with E-state index in [1.54, 1.807) is 6.07 Å². The van der Waals surface area contributed by atoms with E-state index in [1.807, 2.05) is 4.90 Å². The van der Waals surface area contributed by atoms with Crippen molar-refractivity contribution in [2.75, 3.05) is 20.1 Å². The van der Waals surface area contributed by atoms with E-state index >= 15 is 0 Å². The Balaban J connectivity index is 2.03. The van der Waals surface area contributed by atoms with Crippen LogP contribution >= 0.6 is 15.9 Å². The molecule has 0 saturated heterocycles. The van der Waals surface area contributed by atoms with Gasteiger partial charge in [0.1, 0.15) is 5.82 Å². The number of nitrogens with zero attached hydrogens (tertiary/aromatic N) is 1. The zero-order valence-electron chi connectivity index (χ0n) is 11.0. The lowest BCUT2D eigenvalue weighted by Gasteiger charge is -2.28. The summed E-state index contributed by atoms with van der Waals surface area (Å²) in [7, 11) is 1.44. The molecule has 0 aromatic heterocycles.